The molecule has 26 heavy (non-hydrogen) atoms. The van der Waals surface area contributed by atoms with Crippen molar-refractivity contribution in [3.8, 4) is 0 Å². The van der Waals surface area contributed by atoms with Crippen molar-refractivity contribution in [1.29, 1.82) is 0 Å². The second-order valence-electron chi connectivity index (χ2n) is 8.64. The highest BCUT2D eigenvalue weighted by atomic mass is 16.5. The maximum absolute atomic E-state index is 12.3. The van der Waals surface area contributed by atoms with Gasteiger partial charge < -0.3 is 4.52 Å². The van der Waals surface area contributed by atoms with Gasteiger partial charge in [-0.3, -0.25) is 9.69 Å². The van der Waals surface area contributed by atoms with Crippen LogP contribution in [0.15, 0.2) is 21.5 Å². The van der Waals surface area contributed by atoms with Gasteiger partial charge in [0.1, 0.15) is 11.5 Å². The van der Waals surface area contributed by atoms with E-state index in [-0.39, 0.29) is 11.0 Å². The first-order valence-electron chi connectivity index (χ1n) is 9.71. The summed E-state index contributed by atoms with van der Waals surface area (Å²) < 4.78 is 7.15. The van der Waals surface area contributed by atoms with E-state index in [0.29, 0.717) is 12.6 Å². The standard InChI is InChI=1S/C20H28N4O2/c1-20(2,3)18-9-10-19(25)24(21-18)12-14-6-5-11-23(14)13-16-15-7-4-8-17(15)26-22-16/h9-10,14H,4-8,11-13H2,1-3H3. The predicted molar refractivity (Wildman–Crippen MR) is 99.2 cm³/mol. The molecule has 0 aromatic carbocycles. The second kappa shape index (κ2) is 6.65. The summed E-state index contributed by atoms with van der Waals surface area (Å²) in [4.78, 5) is 14.8. The van der Waals surface area contributed by atoms with Crippen molar-refractivity contribution >= 4 is 0 Å². The molecule has 3 heterocycles. The van der Waals surface area contributed by atoms with E-state index in [0.717, 1.165) is 55.9 Å². The lowest BCUT2D eigenvalue weighted by Crippen LogP contribution is -2.37. The zero-order valence-corrected chi connectivity index (χ0v) is 16.0. The summed E-state index contributed by atoms with van der Waals surface area (Å²) in [6, 6.07) is 3.82. The van der Waals surface area contributed by atoms with Crippen LogP contribution in [0.5, 0.6) is 0 Å². The average Bonchev–Trinajstić information content (AvgIpc) is 3.28. The molecule has 0 radical (unpaired) electrons. The molecule has 0 saturated carbocycles. The maximum Gasteiger partial charge on any atom is 0.266 e. The van der Waals surface area contributed by atoms with Crippen LogP contribution in [0, 0.1) is 0 Å². The molecule has 1 aliphatic carbocycles. The molecule has 2 aromatic rings. The molecule has 0 bridgehead atoms. The van der Waals surface area contributed by atoms with Crippen molar-refractivity contribution in [3.05, 3.63) is 45.2 Å². The van der Waals surface area contributed by atoms with Crippen molar-refractivity contribution in [1.82, 2.24) is 19.8 Å². The van der Waals surface area contributed by atoms with E-state index in [2.05, 4.69) is 35.9 Å². The summed E-state index contributed by atoms with van der Waals surface area (Å²) in [5.74, 6) is 1.08. The molecular weight excluding hydrogens is 328 g/mol. The number of fused-ring (bicyclic) bond motifs is 1. The molecule has 6 heteroatoms. The fraction of sp³-hybridized carbons (Fsp3) is 0.650. The molecule has 2 aromatic heterocycles. The van der Waals surface area contributed by atoms with E-state index < -0.39 is 0 Å². The van der Waals surface area contributed by atoms with Gasteiger partial charge in [0.25, 0.3) is 5.56 Å². The largest absolute Gasteiger partial charge is 0.361 e. The lowest BCUT2D eigenvalue weighted by Gasteiger charge is -2.25. The van der Waals surface area contributed by atoms with Gasteiger partial charge in [0, 0.05) is 36.1 Å². The number of hydrogen-bond donors (Lipinski definition) is 0. The van der Waals surface area contributed by atoms with E-state index in [1.807, 2.05) is 6.07 Å². The van der Waals surface area contributed by atoms with Gasteiger partial charge in [0.15, 0.2) is 0 Å². The maximum atomic E-state index is 12.3. The van der Waals surface area contributed by atoms with Gasteiger partial charge in [0.05, 0.1) is 12.2 Å². The third kappa shape index (κ3) is 3.34. The van der Waals surface area contributed by atoms with Gasteiger partial charge in [0.2, 0.25) is 0 Å². The fourth-order valence-corrected chi connectivity index (χ4v) is 4.09. The molecule has 1 fully saturated rings. The summed E-state index contributed by atoms with van der Waals surface area (Å²) in [5, 5.41) is 8.95. The fourth-order valence-electron chi connectivity index (χ4n) is 4.09. The number of rotatable bonds is 4. The minimum Gasteiger partial charge on any atom is -0.361 e. The van der Waals surface area contributed by atoms with Crippen LogP contribution in [0.25, 0.3) is 0 Å². The van der Waals surface area contributed by atoms with Crippen LogP contribution < -0.4 is 5.56 Å². The van der Waals surface area contributed by atoms with Crippen molar-refractivity contribution in [2.45, 2.75) is 77.4 Å². The van der Waals surface area contributed by atoms with Gasteiger partial charge >= 0.3 is 0 Å². The third-order valence-corrected chi connectivity index (χ3v) is 5.65. The van der Waals surface area contributed by atoms with Gasteiger partial charge in [-0.2, -0.15) is 5.10 Å². The molecule has 2 aliphatic rings. The molecule has 140 valence electrons. The average molecular weight is 356 g/mol. The van der Waals surface area contributed by atoms with Gasteiger partial charge in [-0.25, -0.2) is 4.68 Å². The number of aryl methyl sites for hydroxylation is 1. The Morgan fingerprint density at radius 2 is 2.08 bits per heavy atom. The Morgan fingerprint density at radius 3 is 2.88 bits per heavy atom. The molecule has 0 N–H and O–H groups in total. The van der Waals surface area contributed by atoms with Crippen LogP contribution in [0.4, 0.5) is 0 Å². The molecule has 0 amide bonds. The summed E-state index contributed by atoms with van der Waals surface area (Å²) in [6.45, 7) is 8.87. The molecule has 1 aliphatic heterocycles. The van der Waals surface area contributed by atoms with E-state index in [1.165, 1.54) is 12.0 Å². The monoisotopic (exact) mass is 356 g/mol. The van der Waals surface area contributed by atoms with E-state index >= 15 is 0 Å². The summed E-state index contributed by atoms with van der Waals surface area (Å²) in [7, 11) is 0. The summed E-state index contributed by atoms with van der Waals surface area (Å²) in [6.07, 6.45) is 5.52. The van der Waals surface area contributed by atoms with Crippen LogP contribution in [0.2, 0.25) is 0 Å². The zero-order valence-electron chi connectivity index (χ0n) is 16.0. The Bertz CT molecular complexity index is 846. The zero-order chi connectivity index (χ0) is 18.3. The summed E-state index contributed by atoms with van der Waals surface area (Å²) in [5.41, 5.74) is 3.28. The molecule has 6 nitrogen and oxygen atoms in total. The van der Waals surface area contributed by atoms with Crippen LogP contribution >= 0.6 is 0 Å². The van der Waals surface area contributed by atoms with Crippen LogP contribution in [0.1, 0.15) is 62.7 Å². The van der Waals surface area contributed by atoms with Crippen molar-refractivity contribution in [2.75, 3.05) is 6.54 Å². The topological polar surface area (TPSA) is 64.2 Å². The SMILES string of the molecule is CC(C)(C)c1ccc(=O)n(CC2CCCN2Cc2noc3c2CCC3)n1. The normalized spacial score (nSPS) is 20.7. The Labute approximate surface area is 154 Å². The van der Waals surface area contributed by atoms with Gasteiger partial charge in [-0.1, -0.05) is 25.9 Å². The van der Waals surface area contributed by atoms with E-state index in [9.17, 15) is 4.79 Å². The van der Waals surface area contributed by atoms with Gasteiger partial charge in [-0.05, 0) is 38.3 Å². The quantitative estimate of drug-likeness (QED) is 0.843. The van der Waals surface area contributed by atoms with Crippen molar-refractivity contribution in [3.63, 3.8) is 0 Å². The molecule has 1 saturated heterocycles. The molecule has 0 spiro atoms. The Morgan fingerprint density at radius 1 is 1.23 bits per heavy atom. The third-order valence-electron chi connectivity index (χ3n) is 5.65. The first kappa shape index (κ1) is 17.5. The van der Waals surface area contributed by atoms with Crippen LogP contribution in [-0.2, 0) is 31.3 Å². The van der Waals surface area contributed by atoms with Crippen LogP contribution in [-0.4, -0.2) is 32.4 Å². The van der Waals surface area contributed by atoms with Crippen LogP contribution in [0.3, 0.4) is 0 Å². The molecule has 1 atom stereocenters. The van der Waals surface area contributed by atoms with Crippen molar-refractivity contribution < 1.29 is 4.52 Å². The first-order valence-corrected chi connectivity index (χ1v) is 9.71. The smallest absolute Gasteiger partial charge is 0.266 e. The highest BCUT2D eigenvalue weighted by molar-refractivity contribution is 5.27. The van der Waals surface area contributed by atoms with E-state index in [1.54, 1.807) is 10.7 Å². The highest BCUT2D eigenvalue weighted by Gasteiger charge is 2.29. The Balaban J connectivity index is 1.51. The highest BCUT2D eigenvalue weighted by Crippen LogP contribution is 2.28. The Hall–Kier alpha value is -1.95. The number of hydrogen-bond acceptors (Lipinski definition) is 5. The van der Waals surface area contributed by atoms with E-state index in [4.69, 9.17) is 4.52 Å². The second-order valence-corrected chi connectivity index (χ2v) is 8.64. The molecule has 4 rings (SSSR count). The molecule has 1 unspecified atom stereocenters. The predicted octanol–water partition coefficient (Wildman–Crippen LogP) is 2.68. The van der Waals surface area contributed by atoms with Gasteiger partial charge in [-0.15, -0.1) is 0 Å². The minimum atomic E-state index is -0.0634. The lowest BCUT2D eigenvalue weighted by atomic mass is 9.92. The Kier molecular flexibility index (Phi) is 4.47. The first-order chi connectivity index (χ1) is 12.4. The molecular formula is C20H28N4O2. The van der Waals surface area contributed by atoms with Crippen molar-refractivity contribution in [2.24, 2.45) is 0 Å². The number of nitrogens with zero attached hydrogens (tertiary/aromatic N) is 4. The number of aromatic nitrogens is 3. The summed E-state index contributed by atoms with van der Waals surface area (Å²) >= 11 is 0. The minimum absolute atomic E-state index is 0.0211. The number of likely N-dealkylation sites (tertiary alicyclic amines) is 1. The lowest BCUT2D eigenvalue weighted by molar-refractivity contribution is 0.209.